The van der Waals surface area contributed by atoms with Crippen LogP contribution in [0.25, 0.3) is 27.4 Å². The molecule has 0 atom stereocenters. The van der Waals surface area contributed by atoms with Gasteiger partial charge in [-0.05, 0) is 23.6 Å². The van der Waals surface area contributed by atoms with Gasteiger partial charge < -0.3 is 9.14 Å². The quantitative estimate of drug-likeness (QED) is 0.454. The summed E-state index contributed by atoms with van der Waals surface area (Å²) >= 11 is 0. The molecule has 0 amide bonds. The van der Waals surface area contributed by atoms with Gasteiger partial charge in [0, 0.05) is 22.7 Å². The van der Waals surface area contributed by atoms with Crippen LogP contribution in [0.2, 0.25) is 0 Å². The molecule has 2 aromatic heterocycles. The van der Waals surface area contributed by atoms with Gasteiger partial charge in [-0.25, -0.2) is 0 Å². The second-order valence-corrected chi connectivity index (χ2v) is 5.45. The lowest BCUT2D eigenvalue weighted by Gasteiger charge is -2.18. The van der Waals surface area contributed by atoms with Crippen molar-refractivity contribution in [3.63, 3.8) is 0 Å². The monoisotopic (exact) mass is 271 g/mol. The first-order valence-electron chi connectivity index (χ1n) is 7.16. The molecule has 0 bridgehead atoms. The summed E-state index contributed by atoms with van der Waals surface area (Å²) in [7, 11) is 0. The minimum absolute atomic E-state index is 0.624. The van der Waals surface area contributed by atoms with Crippen LogP contribution in [0.1, 0.15) is 5.69 Å². The first-order valence-corrected chi connectivity index (χ1v) is 7.16. The second kappa shape index (κ2) is 3.89. The summed E-state index contributed by atoms with van der Waals surface area (Å²) < 4.78 is 8.17. The van der Waals surface area contributed by atoms with Crippen LogP contribution in [0.5, 0.6) is 5.75 Å². The molecule has 0 saturated carbocycles. The van der Waals surface area contributed by atoms with Crippen molar-refractivity contribution in [3.8, 4) is 16.9 Å². The van der Waals surface area contributed by atoms with Crippen LogP contribution in [-0.4, -0.2) is 4.40 Å². The highest BCUT2D eigenvalue weighted by Gasteiger charge is 2.21. The Morgan fingerprint density at radius 1 is 0.857 bits per heavy atom. The molecule has 5 rings (SSSR count). The number of hydrogen-bond acceptors (Lipinski definition) is 1. The van der Waals surface area contributed by atoms with Crippen molar-refractivity contribution in [3.05, 3.63) is 72.6 Å². The number of pyridine rings is 1. The van der Waals surface area contributed by atoms with Gasteiger partial charge in [-0.15, -0.1) is 0 Å². The van der Waals surface area contributed by atoms with E-state index in [1.54, 1.807) is 0 Å². The van der Waals surface area contributed by atoms with Gasteiger partial charge in [-0.2, -0.15) is 0 Å². The molecule has 0 aliphatic carbocycles. The molecule has 3 heterocycles. The Bertz CT molecular complexity index is 997. The normalized spacial score (nSPS) is 13.0. The van der Waals surface area contributed by atoms with Gasteiger partial charge in [0.15, 0.2) is 0 Å². The number of fused-ring (bicyclic) bond motifs is 7. The minimum atomic E-state index is 0.624. The molecule has 4 aromatic rings. The Balaban J connectivity index is 1.93. The molecule has 0 N–H and O–H groups in total. The van der Waals surface area contributed by atoms with Gasteiger partial charge in [-0.1, -0.05) is 42.5 Å². The van der Waals surface area contributed by atoms with Crippen LogP contribution in [0.4, 0.5) is 0 Å². The maximum absolute atomic E-state index is 5.91. The zero-order valence-electron chi connectivity index (χ0n) is 11.4. The third-order valence-electron chi connectivity index (χ3n) is 4.32. The largest absolute Gasteiger partial charge is 0.487 e. The number of hydrogen-bond donors (Lipinski definition) is 0. The third-order valence-corrected chi connectivity index (χ3v) is 4.32. The molecule has 0 radical (unpaired) electrons. The SMILES string of the molecule is c1ccc2c(c1)OCc1c-2cc2c3ccccc3ccn12. The highest BCUT2D eigenvalue weighted by molar-refractivity contribution is 5.98. The Kier molecular flexibility index (Phi) is 2.03. The minimum Gasteiger partial charge on any atom is -0.487 e. The smallest absolute Gasteiger partial charge is 0.129 e. The molecule has 0 saturated heterocycles. The molecule has 0 fully saturated rings. The van der Waals surface area contributed by atoms with Crippen molar-refractivity contribution in [1.82, 2.24) is 4.40 Å². The van der Waals surface area contributed by atoms with E-state index >= 15 is 0 Å². The number of benzene rings is 2. The lowest BCUT2D eigenvalue weighted by atomic mass is 10.0. The molecular formula is C19H13NO. The number of ether oxygens (including phenoxy) is 1. The maximum Gasteiger partial charge on any atom is 0.129 e. The van der Waals surface area contributed by atoms with E-state index in [4.69, 9.17) is 4.74 Å². The maximum atomic E-state index is 5.91. The van der Waals surface area contributed by atoms with Crippen molar-refractivity contribution in [2.24, 2.45) is 0 Å². The highest BCUT2D eigenvalue weighted by Crippen LogP contribution is 2.40. The zero-order chi connectivity index (χ0) is 13.8. The van der Waals surface area contributed by atoms with Gasteiger partial charge in [0.05, 0.1) is 11.2 Å². The van der Waals surface area contributed by atoms with Gasteiger partial charge in [-0.3, -0.25) is 0 Å². The summed E-state index contributed by atoms with van der Waals surface area (Å²) in [5.74, 6) is 0.977. The van der Waals surface area contributed by atoms with E-state index in [0.29, 0.717) is 6.61 Å². The zero-order valence-corrected chi connectivity index (χ0v) is 11.4. The standard InChI is InChI=1S/C19H13NO/c1-2-6-14-13(5-1)9-10-20-17(14)11-16-15-7-3-4-8-19(15)21-12-18(16)20/h1-11H,12H2. The fourth-order valence-corrected chi connectivity index (χ4v) is 3.31. The topological polar surface area (TPSA) is 13.6 Å². The van der Waals surface area contributed by atoms with E-state index in [9.17, 15) is 0 Å². The summed E-state index contributed by atoms with van der Waals surface area (Å²) in [6.07, 6.45) is 2.15. The van der Waals surface area contributed by atoms with Gasteiger partial charge >= 0.3 is 0 Å². The number of aromatic nitrogens is 1. The molecular weight excluding hydrogens is 258 g/mol. The third kappa shape index (κ3) is 1.42. The van der Waals surface area contributed by atoms with E-state index in [-0.39, 0.29) is 0 Å². The van der Waals surface area contributed by atoms with Crippen molar-refractivity contribution >= 4 is 16.3 Å². The fraction of sp³-hybridized carbons (Fsp3) is 0.0526. The van der Waals surface area contributed by atoms with Gasteiger partial charge in [0.1, 0.15) is 12.4 Å². The summed E-state index contributed by atoms with van der Waals surface area (Å²) in [5.41, 5.74) is 4.95. The molecule has 1 aliphatic heterocycles. The Morgan fingerprint density at radius 3 is 2.71 bits per heavy atom. The van der Waals surface area contributed by atoms with E-state index in [1.165, 1.54) is 33.1 Å². The number of rotatable bonds is 0. The van der Waals surface area contributed by atoms with E-state index in [1.807, 2.05) is 12.1 Å². The highest BCUT2D eigenvalue weighted by atomic mass is 16.5. The molecule has 2 aromatic carbocycles. The lowest BCUT2D eigenvalue weighted by molar-refractivity contribution is 0.296. The van der Waals surface area contributed by atoms with Crippen LogP contribution in [0.3, 0.4) is 0 Å². The summed E-state index contributed by atoms with van der Waals surface area (Å²) in [5, 5.41) is 2.56. The first-order chi connectivity index (χ1) is 10.4. The van der Waals surface area contributed by atoms with Crippen LogP contribution < -0.4 is 4.74 Å². The van der Waals surface area contributed by atoms with Crippen LogP contribution in [0, 0.1) is 0 Å². The fourth-order valence-electron chi connectivity index (χ4n) is 3.31. The average Bonchev–Trinajstić information content (AvgIpc) is 2.94. The molecule has 1 aliphatic rings. The summed E-state index contributed by atoms with van der Waals surface area (Å²) in [4.78, 5) is 0. The molecule has 21 heavy (non-hydrogen) atoms. The van der Waals surface area contributed by atoms with E-state index < -0.39 is 0 Å². The summed E-state index contributed by atoms with van der Waals surface area (Å²) in [6, 6.07) is 21.2. The Morgan fingerprint density at radius 2 is 1.71 bits per heavy atom. The number of nitrogens with zero attached hydrogens (tertiary/aromatic N) is 1. The van der Waals surface area contributed by atoms with Crippen LogP contribution in [0.15, 0.2) is 66.9 Å². The predicted molar refractivity (Wildman–Crippen MR) is 84.7 cm³/mol. The predicted octanol–water partition coefficient (Wildman–Crippen LogP) is 4.65. The van der Waals surface area contributed by atoms with Gasteiger partial charge in [0.2, 0.25) is 0 Å². The van der Waals surface area contributed by atoms with E-state index in [0.717, 1.165) is 5.75 Å². The Hall–Kier alpha value is -2.74. The molecule has 2 heteroatoms. The van der Waals surface area contributed by atoms with Crippen molar-refractivity contribution in [2.45, 2.75) is 6.61 Å². The second-order valence-electron chi connectivity index (χ2n) is 5.45. The lowest BCUT2D eigenvalue weighted by Crippen LogP contribution is -2.06. The molecule has 2 nitrogen and oxygen atoms in total. The van der Waals surface area contributed by atoms with Crippen molar-refractivity contribution in [1.29, 1.82) is 0 Å². The summed E-state index contributed by atoms with van der Waals surface area (Å²) in [6.45, 7) is 0.624. The van der Waals surface area contributed by atoms with Crippen molar-refractivity contribution in [2.75, 3.05) is 0 Å². The first kappa shape index (κ1) is 11.0. The molecule has 0 unspecified atom stereocenters. The average molecular weight is 271 g/mol. The van der Waals surface area contributed by atoms with Gasteiger partial charge in [0.25, 0.3) is 0 Å². The van der Waals surface area contributed by atoms with E-state index in [2.05, 4.69) is 59.1 Å². The molecule has 0 spiro atoms. The molecule has 100 valence electrons. The van der Waals surface area contributed by atoms with Crippen LogP contribution >= 0.6 is 0 Å². The van der Waals surface area contributed by atoms with Crippen molar-refractivity contribution < 1.29 is 4.74 Å². The van der Waals surface area contributed by atoms with Crippen LogP contribution in [-0.2, 0) is 6.61 Å². The Labute approximate surface area is 122 Å². The number of para-hydroxylation sites is 1.